The van der Waals surface area contributed by atoms with Crippen molar-refractivity contribution < 1.29 is 34.1 Å². The molecule has 2 fully saturated rings. The Morgan fingerprint density at radius 1 is 1.25 bits per heavy atom. The average Bonchev–Trinajstić information content (AvgIpc) is 3.40. The van der Waals surface area contributed by atoms with E-state index in [1.165, 1.54) is 0 Å². The first kappa shape index (κ1) is 23.3. The van der Waals surface area contributed by atoms with Gasteiger partial charge in [-0.05, 0) is 24.5 Å². The highest BCUT2D eigenvalue weighted by Gasteiger charge is 2.44. The zero-order valence-electron chi connectivity index (χ0n) is 17.6. The molecule has 4 heterocycles. The molecular weight excluding hydrogens is 422 g/mol. The molecule has 2 aromatic rings. The maximum absolute atomic E-state index is 12.5. The number of carbonyl (C=O) groups excluding carboxylic acids is 1. The van der Waals surface area contributed by atoms with Crippen molar-refractivity contribution in [3.63, 3.8) is 0 Å². The van der Waals surface area contributed by atoms with Gasteiger partial charge in [-0.3, -0.25) is 14.5 Å². The van der Waals surface area contributed by atoms with E-state index in [0.717, 1.165) is 24.8 Å². The van der Waals surface area contributed by atoms with Gasteiger partial charge in [0.2, 0.25) is 5.82 Å². The molecule has 1 spiro atoms. The molecule has 1 amide bonds. The molecule has 0 aliphatic carbocycles. The molecule has 4 rings (SSSR count). The number of aryl methyl sites for hydroxylation is 1. The van der Waals surface area contributed by atoms with Crippen molar-refractivity contribution >= 4 is 17.8 Å². The third-order valence-corrected chi connectivity index (χ3v) is 5.32. The van der Waals surface area contributed by atoms with Gasteiger partial charge in [-0.2, -0.15) is 0 Å². The van der Waals surface area contributed by atoms with Gasteiger partial charge in [0.05, 0.1) is 24.9 Å². The summed E-state index contributed by atoms with van der Waals surface area (Å²) in [6.45, 7) is 2.47. The Morgan fingerprint density at radius 2 is 1.97 bits per heavy atom. The summed E-state index contributed by atoms with van der Waals surface area (Å²) in [5.74, 6) is -3.50. The number of piperidine rings is 1. The second-order valence-electron chi connectivity index (χ2n) is 7.64. The lowest BCUT2D eigenvalue weighted by atomic mass is 9.88. The second-order valence-corrected chi connectivity index (χ2v) is 7.64. The molecule has 0 saturated carbocycles. The Kier molecular flexibility index (Phi) is 7.49. The number of amides is 1. The van der Waals surface area contributed by atoms with Crippen LogP contribution in [0.5, 0.6) is 0 Å². The molecule has 12 nitrogen and oxygen atoms in total. The van der Waals surface area contributed by atoms with E-state index in [1.54, 1.807) is 24.3 Å². The Hall–Kier alpha value is -3.38. The number of carboxylic acids is 2. The van der Waals surface area contributed by atoms with Crippen molar-refractivity contribution in [1.82, 2.24) is 24.6 Å². The number of carbonyl (C=O) groups is 3. The summed E-state index contributed by atoms with van der Waals surface area (Å²) in [4.78, 5) is 40.6. The van der Waals surface area contributed by atoms with Gasteiger partial charge < -0.3 is 24.6 Å². The van der Waals surface area contributed by atoms with Crippen LogP contribution in [0.25, 0.3) is 0 Å². The number of rotatable bonds is 4. The highest BCUT2D eigenvalue weighted by molar-refractivity contribution is 6.27. The molecule has 12 heteroatoms. The molecule has 2 aromatic heterocycles. The van der Waals surface area contributed by atoms with Crippen molar-refractivity contribution in [2.24, 2.45) is 7.05 Å². The van der Waals surface area contributed by atoms with E-state index in [2.05, 4.69) is 15.1 Å². The molecule has 32 heavy (non-hydrogen) atoms. The molecule has 172 valence electrons. The number of ether oxygens (including phenoxy) is 2. The number of carboxylic acid groups (broad SMARTS) is 2. The first-order valence-electron chi connectivity index (χ1n) is 10.0. The van der Waals surface area contributed by atoms with Gasteiger partial charge in [-0.15, -0.1) is 5.10 Å². The number of aliphatic carboxylic acids is 2. The summed E-state index contributed by atoms with van der Waals surface area (Å²) in [6, 6.07) is 3.92. The Morgan fingerprint density at radius 3 is 2.53 bits per heavy atom. The molecule has 0 aromatic carbocycles. The first-order chi connectivity index (χ1) is 15.3. The zero-order chi connectivity index (χ0) is 23.1. The molecule has 1 atom stereocenters. The number of hydrogen-bond acceptors (Lipinski definition) is 8. The van der Waals surface area contributed by atoms with E-state index in [1.807, 2.05) is 23.2 Å². The minimum atomic E-state index is -1.82. The highest BCUT2D eigenvalue weighted by Crippen LogP contribution is 2.37. The van der Waals surface area contributed by atoms with Crippen molar-refractivity contribution in [3.05, 3.63) is 42.2 Å². The smallest absolute Gasteiger partial charge is 0.414 e. The first-order valence-corrected chi connectivity index (χ1v) is 10.0. The van der Waals surface area contributed by atoms with E-state index in [4.69, 9.17) is 29.3 Å². The van der Waals surface area contributed by atoms with Crippen LogP contribution in [0.1, 0.15) is 35.4 Å². The van der Waals surface area contributed by atoms with E-state index in [0.29, 0.717) is 26.3 Å². The average molecular weight is 447 g/mol. The third kappa shape index (κ3) is 6.08. The van der Waals surface area contributed by atoms with Gasteiger partial charge in [0.1, 0.15) is 6.33 Å². The van der Waals surface area contributed by atoms with E-state index in [9.17, 15) is 4.79 Å². The molecule has 2 aliphatic heterocycles. The predicted molar refractivity (Wildman–Crippen MR) is 108 cm³/mol. The van der Waals surface area contributed by atoms with Crippen molar-refractivity contribution in [3.8, 4) is 0 Å². The summed E-state index contributed by atoms with van der Waals surface area (Å²) < 4.78 is 13.6. The SMILES string of the molecule is Cn1cnc(C(=O)N2CCC3(CC2)CC(OCc2cccnc2)CO3)n1.O=C(O)C(=O)O. The monoisotopic (exact) mass is 447 g/mol. The Bertz CT molecular complexity index is 929. The Labute approximate surface area is 183 Å². The Balaban J connectivity index is 0.000000427. The van der Waals surface area contributed by atoms with E-state index < -0.39 is 11.9 Å². The lowest BCUT2D eigenvalue weighted by Gasteiger charge is -2.38. The molecule has 0 bridgehead atoms. The summed E-state index contributed by atoms with van der Waals surface area (Å²) in [5.41, 5.74) is 0.894. The lowest BCUT2D eigenvalue weighted by molar-refractivity contribution is -0.159. The van der Waals surface area contributed by atoms with Crippen molar-refractivity contribution in [2.45, 2.75) is 37.6 Å². The van der Waals surface area contributed by atoms with Crippen LogP contribution in [0.2, 0.25) is 0 Å². The standard InChI is InChI=1S/C18H23N5O3.C2H2O4/c1-22-13-20-16(21-22)17(24)23-7-4-18(5-8-23)9-15(12-26-18)25-11-14-3-2-6-19-10-14;3-1(4)2(5)6/h2-3,6,10,13,15H,4-5,7-9,11-12H2,1H3;(H,3,4)(H,5,6). The number of likely N-dealkylation sites (tertiary alicyclic amines) is 1. The summed E-state index contributed by atoms with van der Waals surface area (Å²) >= 11 is 0. The van der Waals surface area contributed by atoms with Crippen LogP contribution in [-0.2, 0) is 32.7 Å². The van der Waals surface area contributed by atoms with E-state index >= 15 is 0 Å². The fourth-order valence-electron chi connectivity index (χ4n) is 3.65. The van der Waals surface area contributed by atoms with E-state index in [-0.39, 0.29) is 23.4 Å². The van der Waals surface area contributed by atoms with Gasteiger partial charge in [-0.1, -0.05) is 6.07 Å². The van der Waals surface area contributed by atoms with Gasteiger partial charge >= 0.3 is 11.9 Å². The second kappa shape index (κ2) is 10.3. The van der Waals surface area contributed by atoms with Crippen LogP contribution in [-0.4, -0.2) is 84.1 Å². The van der Waals surface area contributed by atoms with Crippen LogP contribution >= 0.6 is 0 Å². The third-order valence-electron chi connectivity index (χ3n) is 5.32. The molecule has 2 aliphatic rings. The van der Waals surface area contributed by atoms with Gasteiger partial charge in [-0.25, -0.2) is 14.6 Å². The highest BCUT2D eigenvalue weighted by atomic mass is 16.6. The fourth-order valence-corrected chi connectivity index (χ4v) is 3.65. The minimum absolute atomic E-state index is 0.0925. The number of nitrogens with zero attached hydrogens (tertiary/aromatic N) is 5. The van der Waals surface area contributed by atoms with Gasteiger partial charge in [0, 0.05) is 39.0 Å². The summed E-state index contributed by atoms with van der Waals surface area (Å²) in [5, 5.41) is 18.9. The largest absolute Gasteiger partial charge is 0.473 e. The maximum Gasteiger partial charge on any atom is 0.414 e. The van der Waals surface area contributed by atoms with Crippen molar-refractivity contribution in [1.29, 1.82) is 0 Å². The number of hydrogen-bond donors (Lipinski definition) is 2. The molecule has 2 saturated heterocycles. The van der Waals surface area contributed by atoms with Gasteiger partial charge in [0.25, 0.3) is 5.91 Å². The fraction of sp³-hybridized carbons (Fsp3) is 0.500. The minimum Gasteiger partial charge on any atom is -0.473 e. The molecule has 0 radical (unpaired) electrons. The van der Waals surface area contributed by atoms with Crippen LogP contribution in [0, 0.1) is 0 Å². The van der Waals surface area contributed by atoms with Crippen LogP contribution < -0.4 is 0 Å². The van der Waals surface area contributed by atoms with Crippen LogP contribution in [0.3, 0.4) is 0 Å². The van der Waals surface area contributed by atoms with Gasteiger partial charge in [0.15, 0.2) is 0 Å². The van der Waals surface area contributed by atoms with Crippen LogP contribution in [0.15, 0.2) is 30.9 Å². The molecular formula is C20H25N5O7. The summed E-state index contributed by atoms with van der Waals surface area (Å²) in [7, 11) is 1.76. The zero-order valence-corrected chi connectivity index (χ0v) is 17.6. The molecule has 1 unspecified atom stereocenters. The summed E-state index contributed by atoms with van der Waals surface area (Å²) in [6.07, 6.45) is 7.72. The van der Waals surface area contributed by atoms with Crippen molar-refractivity contribution in [2.75, 3.05) is 19.7 Å². The normalized spacial score (nSPS) is 19.3. The number of pyridine rings is 1. The lowest BCUT2D eigenvalue weighted by Crippen LogP contribution is -2.46. The molecule has 2 N–H and O–H groups in total. The predicted octanol–water partition coefficient (Wildman–Crippen LogP) is 0.346. The maximum atomic E-state index is 12.5. The number of aromatic nitrogens is 4. The topological polar surface area (TPSA) is 157 Å². The quantitative estimate of drug-likeness (QED) is 0.627. The van der Waals surface area contributed by atoms with Crippen LogP contribution in [0.4, 0.5) is 0 Å².